The summed E-state index contributed by atoms with van der Waals surface area (Å²) < 4.78 is 0. The number of aromatic nitrogens is 1. The number of aliphatic carboxylic acids is 2. The molecule has 4 N–H and O–H groups in total. The van der Waals surface area contributed by atoms with E-state index in [1.807, 2.05) is 24.3 Å². The summed E-state index contributed by atoms with van der Waals surface area (Å²) in [5.41, 5.74) is 0.470. The molecule has 5 rings (SSSR count). The lowest BCUT2D eigenvalue weighted by atomic mass is 9.70. The van der Waals surface area contributed by atoms with Gasteiger partial charge < -0.3 is 25.2 Å². The smallest absolute Gasteiger partial charge is 0.340 e. The Hall–Kier alpha value is -4.04. The molecule has 0 saturated carbocycles. The number of fused-ring (bicyclic) bond motifs is 5. The molecule has 0 radical (unpaired) electrons. The first kappa shape index (κ1) is 25.6. The van der Waals surface area contributed by atoms with Crippen molar-refractivity contribution in [1.82, 2.24) is 9.88 Å². The monoisotopic (exact) mass is 534 g/mol. The zero-order valence-electron chi connectivity index (χ0n) is 21.2. The number of carboxylic acids is 2. The van der Waals surface area contributed by atoms with Crippen molar-refractivity contribution in [2.24, 2.45) is 0 Å². The van der Waals surface area contributed by atoms with Crippen LogP contribution < -0.4 is 0 Å². The zero-order valence-corrected chi connectivity index (χ0v) is 21.9. The number of hydrogen-bond acceptors (Lipinski definition) is 5. The van der Waals surface area contributed by atoms with Crippen LogP contribution in [0.5, 0.6) is 5.75 Å². The minimum atomic E-state index is -2.06. The van der Waals surface area contributed by atoms with E-state index >= 15 is 0 Å². The van der Waals surface area contributed by atoms with Crippen molar-refractivity contribution in [2.45, 2.75) is 45.6 Å². The van der Waals surface area contributed by atoms with Gasteiger partial charge in [-0.2, -0.15) is 0 Å². The number of halogens is 1. The number of phenols is 1. The molecule has 38 heavy (non-hydrogen) atoms. The fraction of sp³-hybridized carbons (Fsp3) is 0.276. The summed E-state index contributed by atoms with van der Waals surface area (Å²) in [4.78, 5) is 45.2. The number of carboxylic acid groups (broad SMARTS) is 2. The van der Waals surface area contributed by atoms with E-state index in [0.29, 0.717) is 28.9 Å². The van der Waals surface area contributed by atoms with Crippen LogP contribution in [0.4, 0.5) is 0 Å². The van der Waals surface area contributed by atoms with Crippen LogP contribution in [-0.4, -0.2) is 49.5 Å². The Kier molecular flexibility index (Phi) is 6.10. The second-order valence-electron chi connectivity index (χ2n) is 9.58. The number of H-pyrrole nitrogens is 1. The van der Waals surface area contributed by atoms with E-state index in [-0.39, 0.29) is 52.4 Å². The molecule has 0 saturated heterocycles. The fourth-order valence-corrected chi connectivity index (χ4v) is 6.29. The summed E-state index contributed by atoms with van der Waals surface area (Å²) in [5, 5.41) is 33.2. The summed E-state index contributed by atoms with van der Waals surface area (Å²) in [6.45, 7) is 5.38. The van der Waals surface area contributed by atoms with Crippen LogP contribution in [0.25, 0.3) is 10.9 Å². The number of phenolic OH excluding ortho intramolecular Hbond substituents is 1. The maximum Gasteiger partial charge on any atom is 0.340 e. The second-order valence-corrected chi connectivity index (χ2v) is 9.98. The van der Waals surface area contributed by atoms with Gasteiger partial charge in [0.1, 0.15) is 5.75 Å². The van der Waals surface area contributed by atoms with E-state index in [1.54, 1.807) is 25.7 Å². The topological polar surface area (TPSA) is 131 Å². The minimum Gasteiger partial charge on any atom is -0.507 e. The molecule has 3 heterocycles. The van der Waals surface area contributed by atoms with Gasteiger partial charge in [0.05, 0.1) is 16.8 Å². The molecule has 2 aromatic carbocycles. The maximum atomic E-state index is 14.0. The number of aryl methyl sites for hydroxylation is 1. The molecule has 0 spiro atoms. The van der Waals surface area contributed by atoms with Gasteiger partial charge in [-0.05, 0) is 61.1 Å². The molecule has 1 atom stereocenters. The molecular formula is C29H27ClN2O6. The van der Waals surface area contributed by atoms with Gasteiger partial charge in [-0.3, -0.25) is 4.79 Å². The molecule has 196 valence electrons. The molecule has 0 aliphatic carbocycles. The predicted molar refractivity (Wildman–Crippen MR) is 142 cm³/mol. The Morgan fingerprint density at radius 2 is 1.82 bits per heavy atom. The average molecular weight is 535 g/mol. The predicted octanol–water partition coefficient (Wildman–Crippen LogP) is 5.33. The van der Waals surface area contributed by atoms with Crippen molar-refractivity contribution in [3.8, 4) is 5.75 Å². The molecule has 9 heteroatoms. The Morgan fingerprint density at radius 3 is 2.45 bits per heavy atom. The van der Waals surface area contributed by atoms with E-state index in [2.05, 4.69) is 4.98 Å². The van der Waals surface area contributed by atoms with Gasteiger partial charge in [-0.25, -0.2) is 9.59 Å². The standard InChI is InChI=1S/C29H27ClN2O6/c1-4-15-23(25(34)18-13-19(30)14(3)12-22(18)33)21(5-2)32-11-10-17-16-8-6-7-9-20(16)31-26(17)29(32,28(37)38)24(15)27(35)36/h6-9,12-13,31,33H,4-5,10-11H2,1-3H3,(H,35,36)(H,37,38). The number of aromatic hydroxyl groups is 1. The lowest BCUT2D eigenvalue weighted by Crippen LogP contribution is -2.60. The number of benzene rings is 2. The van der Waals surface area contributed by atoms with Gasteiger partial charge in [0.2, 0.25) is 5.54 Å². The van der Waals surface area contributed by atoms with E-state index in [4.69, 9.17) is 11.6 Å². The van der Waals surface area contributed by atoms with Gasteiger partial charge in [0.15, 0.2) is 5.78 Å². The van der Waals surface area contributed by atoms with Crippen LogP contribution in [0.3, 0.4) is 0 Å². The third-order valence-corrected chi connectivity index (χ3v) is 8.11. The Bertz CT molecular complexity index is 1610. The fourth-order valence-electron chi connectivity index (χ4n) is 6.13. The van der Waals surface area contributed by atoms with Crippen LogP contribution in [0.2, 0.25) is 5.02 Å². The minimum absolute atomic E-state index is 0.0663. The number of hydrogen-bond donors (Lipinski definition) is 4. The number of nitrogens with one attached hydrogen (secondary N) is 1. The van der Waals surface area contributed by atoms with Gasteiger partial charge in [-0.1, -0.05) is 43.6 Å². The number of allylic oxidation sites excluding steroid dienone is 3. The largest absolute Gasteiger partial charge is 0.507 e. The van der Waals surface area contributed by atoms with Crippen molar-refractivity contribution >= 4 is 40.2 Å². The Labute approximate surface area is 223 Å². The van der Waals surface area contributed by atoms with Crippen LogP contribution in [0, 0.1) is 6.92 Å². The molecule has 2 aliphatic rings. The number of carbonyl (C=O) groups excluding carboxylic acids is 1. The van der Waals surface area contributed by atoms with Crippen LogP contribution >= 0.6 is 11.6 Å². The third kappa shape index (κ3) is 3.33. The molecule has 0 bridgehead atoms. The van der Waals surface area contributed by atoms with Gasteiger partial charge >= 0.3 is 11.9 Å². The van der Waals surface area contributed by atoms with Crippen LogP contribution in [-0.2, 0) is 21.5 Å². The quantitative estimate of drug-likeness (QED) is 0.314. The number of ketones is 1. The van der Waals surface area contributed by atoms with Crippen molar-refractivity contribution in [2.75, 3.05) is 6.54 Å². The summed E-state index contributed by atoms with van der Waals surface area (Å²) >= 11 is 6.28. The lowest BCUT2D eigenvalue weighted by molar-refractivity contribution is -0.153. The number of nitrogens with zero attached hydrogens (tertiary/aromatic N) is 1. The first-order chi connectivity index (χ1) is 18.1. The zero-order chi connectivity index (χ0) is 27.5. The molecular weight excluding hydrogens is 508 g/mol. The third-order valence-electron chi connectivity index (χ3n) is 7.71. The number of Topliss-reactive ketones (excluding diaryl/α,β-unsaturated/α-hetero) is 1. The SMILES string of the molecule is CCC1=C(C(=O)O)C2(C(=O)O)c3[nH]c4ccccc4c3CCN2C(CC)=C1C(=O)c1cc(Cl)c(C)cc1O. The van der Waals surface area contributed by atoms with Crippen molar-refractivity contribution in [1.29, 1.82) is 0 Å². The summed E-state index contributed by atoms with van der Waals surface area (Å²) in [6.07, 6.45) is 0.808. The average Bonchev–Trinajstić information content (AvgIpc) is 3.27. The Morgan fingerprint density at radius 1 is 1.11 bits per heavy atom. The number of aromatic amines is 1. The molecule has 0 fully saturated rings. The van der Waals surface area contributed by atoms with Crippen molar-refractivity contribution < 1.29 is 29.7 Å². The number of carbonyl (C=O) groups is 3. The Balaban J connectivity index is 1.88. The molecule has 1 unspecified atom stereocenters. The number of para-hydroxylation sites is 1. The first-order valence-corrected chi connectivity index (χ1v) is 12.8. The van der Waals surface area contributed by atoms with Crippen molar-refractivity contribution in [3.05, 3.63) is 86.2 Å². The first-order valence-electron chi connectivity index (χ1n) is 12.4. The second kappa shape index (κ2) is 9.06. The van der Waals surface area contributed by atoms with Crippen LogP contribution in [0.15, 0.2) is 58.8 Å². The highest BCUT2D eigenvalue weighted by molar-refractivity contribution is 6.32. The van der Waals surface area contributed by atoms with E-state index in [0.717, 1.165) is 10.9 Å². The molecule has 2 aliphatic heterocycles. The molecule has 3 aromatic rings. The van der Waals surface area contributed by atoms with Crippen LogP contribution in [0.1, 0.15) is 53.9 Å². The summed E-state index contributed by atoms with van der Waals surface area (Å²) in [6, 6.07) is 10.2. The highest BCUT2D eigenvalue weighted by Gasteiger charge is 2.60. The highest BCUT2D eigenvalue weighted by Crippen LogP contribution is 2.52. The maximum absolute atomic E-state index is 14.0. The normalized spacial score (nSPS) is 19.0. The van der Waals surface area contributed by atoms with E-state index in [1.165, 1.54) is 12.1 Å². The van der Waals surface area contributed by atoms with Gasteiger partial charge in [-0.15, -0.1) is 0 Å². The highest BCUT2D eigenvalue weighted by atomic mass is 35.5. The number of rotatable bonds is 6. The van der Waals surface area contributed by atoms with Gasteiger partial charge in [0, 0.05) is 33.7 Å². The lowest BCUT2D eigenvalue weighted by Gasteiger charge is -2.50. The summed E-state index contributed by atoms with van der Waals surface area (Å²) in [7, 11) is 0. The van der Waals surface area contributed by atoms with E-state index in [9.17, 15) is 29.7 Å². The summed E-state index contributed by atoms with van der Waals surface area (Å²) in [5.74, 6) is -3.64. The molecule has 8 nitrogen and oxygen atoms in total. The van der Waals surface area contributed by atoms with Gasteiger partial charge in [0.25, 0.3) is 0 Å². The van der Waals surface area contributed by atoms with Crippen molar-refractivity contribution in [3.63, 3.8) is 0 Å². The van der Waals surface area contributed by atoms with E-state index < -0.39 is 23.3 Å². The molecule has 0 amide bonds. The molecule has 1 aromatic heterocycles.